The van der Waals surface area contributed by atoms with Crippen LogP contribution in [0.3, 0.4) is 0 Å². The smallest absolute Gasteiger partial charge is 0.337 e. The van der Waals surface area contributed by atoms with E-state index >= 15 is 0 Å². The standard InChI is InChI=1S/C15H19NO4S/c1-16(21(3,18)19)11-6-4-5-8-13-9-7-10-14(12-13)15(17)20-2/h7,9-10,12H,4,6,11H2,1-3H3. The van der Waals surface area contributed by atoms with E-state index in [9.17, 15) is 13.2 Å². The Morgan fingerprint density at radius 2 is 2.10 bits per heavy atom. The Labute approximate surface area is 126 Å². The number of hydrogen-bond donors (Lipinski definition) is 0. The number of methoxy groups -OCH3 is 1. The molecule has 1 aromatic rings. The molecule has 0 N–H and O–H groups in total. The molecule has 6 heteroatoms. The molecule has 0 radical (unpaired) electrons. The summed E-state index contributed by atoms with van der Waals surface area (Å²) in [6, 6.07) is 6.88. The van der Waals surface area contributed by atoms with Crippen molar-refractivity contribution in [2.45, 2.75) is 12.8 Å². The first-order chi connectivity index (χ1) is 9.84. The van der Waals surface area contributed by atoms with Crippen LogP contribution in [0.25, 0.3) is 0 Å². The highest BCUT2D eigenvalue weighted by Crippen LogP contribution is 2.05. The summed E-state index contributed by atoms with van der Waals surface area (Å²) >= 11 is 0. The number of rotatable bonds is 5. The zero-order valence-electron chi connectivity index (χ0n) is 12.4. The van der Waals surface area contributed by atoms with Gasteiger partial charge in [-0.25, -0.2) is 17.5 Å². The molecule has 5 nitrogen and oxygen atoms in total. The van der Waals surface area contributed by atoms with Gasteiger partial charge in [0.25, 0.3) is 0 Å². The molecule has 0 amide bonds. The van der Waals surface area contributed by atoms with Gasteiger partial charge in [-0.3, -0.25) is 0 Å². The van der Waals surface area contributed by atoms with Gasteiger partial charge in [0.2, 0.25) is 10.0 Å². The van der Waals surface area contributed by atoms with Gasteiger partial charge in [0.05, 0.1) is 18.9 Å². The van der Waals surface area contributed by atoms with Gasteiger partial charge in [-0.2, -0.15) is 0 Å². The van der Waals surface area contributed by atoms with E-state index in [2.05, 4.69) is 16.6 Å². The van der Waals surface area contributed by atoms with Crippen LogP contribution in [-0.2, 0) is 14.8 Å². The number of benzene rings is 1. The van der Waals surface area contributed by atoms with E-state index in [-0.39, 0.29) is 0 Å². The minimum absolute atomic E-state index is 0.395. The van der Waals surface area contributed by atoms with Crippen molar-refractivity contribution in [3.05, 3.63) is 35.4 Å². The molecule has 0 spiro atoms. The predicted molar refractivity (Wildman–Crippen MR) is 81.4 cm³/mol. The lowest BCUT2D eigenvalue weighted by atomic mass is 10.1. The second-order valence-electron chi connectivity index (χ2n) is 4.56. The zero-order chi connectivity index (χ0) is 15.9. The van der Waals surface area contributed by atoms with Gasteiger partial charge >= 0.3 is 5.97 Å². The Bertz CT molecular complexity index is 656. The number of sulfonamides is 1. The molecule has 0 heterocycles. The summed E-state index contributed by atoms with van der Waals surface area (Å²) < 4.78 is 28.3. The molecule has 0 fully saturated rings. The monoisotopic (exact) mass is 309 g/mol. The van der Waals surface area contributed by atoms with Crippen LogP contribution >= 0.6 is 0 Å². The number of nitrogens with zero attached hydrogens (tertiary/aromatic N) is 1. The minimum Gasteiger partial charge on any atom is -0.465 e. The van der Waals surface area contributed by atoms with E-state index in [0.717, 1.165) is 5.56 Å². The number of esters is 1. The van der Waals surface area contributed by atoms with Gasteiger partial charge in [0, 0.05) is 25.6 Å². The van der Waals surface area contributed by atoms with Crippen molar-refractivity contribution in [3.63, 3.8) is 0 Å². The number of carbonyl (C=O) groups is 1. The van der Waals surface area contributed by atoms with E-state index in [0.29, 0.717) is 24.9 Å². The Morgan fingerprint density at radius 1 is 1.38 bits per heavy atom. The fourth-order valence-electron chi connectivity index (χ4n) is 1.56. The largest absolute Gasteiger partial charge is 0.465 e. The summed E-state index contributed by atoms with van der Waals surface area (Å²) in [6.07, 6.45) is 2.42. The maximum absolute atomic E-state index is 11.4. The van der Waals surface area contributed by atoms with Crippen LogP contribution in [0.2, 0.25) is 0 Å². The van der Waals surface area contributed by atoms with Crippen LogP contribution in [0.1, 0.15) is 28.8 Å². The molecule has 0 aliphatic heterocycles. The van der Waals surface area contributed by atoms with E-state index in [1.807, 2.05) is 6.07 Å². The molecule has 0 aliphatic carbocycles. The van der Waals surface area contributed by atoms with E-state index in [4.69, 9.17) is 0 Å². The Hall–Kier alpha value is -1.84. The lowest BCUT2D eigenvalue weighted by molar-refractivity contribution is 0.0600. The van der Waals surface area contributed by atoms with Crippen molar-refractivity contribution in [3.8, 4) is 11.8 Å². The maximum Gasteiger partial charge on any atom is 0.337 e. The second-order valence-corrected chi connectivity index (χ2v) is 6.65. The average molecular weight is 309 g/mol. The first-order valence-corrected chi connectivity index (χ1v) is 8.28. The first kappa shape index (κ1) is 17.2. The van der Waals surface area contributed by atoms with E-state index < -0.39 is 16.0 Å². The van der Waals surface area contributed by atoms with Gasteiger partial charge in [-0.05, 0) is 24.6 Å². The normalized spacial score (nSPS) is 10.9. The summed E-state index contributed by atoms with van der Waals surface area (Å²) in [4.78, 5) is 11.4. The zero-order valence-corrected chi connectivity index (χ0v) is 13.2. The lowest BCUT2D eigenvalue weighted by Gasteiger charge is -2.12. The van der Waals surface area contributed by atoms with Crippen LogP contribution in [0.15, 0.2) is 24.3 Å². The topological polar surface area (TPSA) is 63.7 Å². The summed E-state index contributed by atoms with van der Waals surface area (Å²) in [7, 11) is -0.250. The van der Waals surface area contributed by atoms with Crippen molar-refractivity contribution in [1.82, 2.24) is 4.31 Å². The molecule has 0 bridgehead atoms. The van der Waals surface area contributed by atoms with Crippen molar-refractivity contribution in [2.75, 3.05) is 27.0 Å². The molecule has 1 aromatic carbocycles. The average Bonchev–Trinajstić information content (AvgIpc) is 2.45. The highest BCUT2D eigenvalue weighted by atomic mass is 32.2. The number of unbranched alkanes of at least 4 members (excludes halogenated alkanes) is 1. The minimum atomic E-state index is -3.13. The Balaban J connectivity index is 2.54. The van der Waals surface area contributed by atoms with Gasteiger partial charge < -0.3 is 4.74 Å². The van der Waals surface area contributed by atoms with Gasteiger partial charge in [-0.1, -0.05) is 17.9 Å². The Morgan fingerprint density at radius 3 is 2.71 bits per heavy atom. The molecule has 0 aromatic heterocycles. The van der Waals surface area contributed by atoms with Crippen molar-refractivity contribution < 1.29 is 17.9 Å². The molecule has 0 atom stereocenters. The van der Waals surface area contributed by atoms with E-state index in [1.54, 1.807) is 25.2 Å². The molecule has 0 saturated carbocycles. The quantitative estimate of drug-likeness (QED) is 0.470. The summed E-state index contributed by atoms with van der Waals surface area (Å²) in [5.74, 6) is 5.52. The number of ether oxygens (including phenoxy) is 1. The maximum atomic E-state index is 11.4. The van der Waals surface area contributed by atoms with Crippen LogP contribution in [-0.4, -0.2) is 45.7 Å². The molecule has 0 saturated heterocycles. The fourth-order valence-corrected chi connectivity index (χ4v) is 2.02. The second kappa shape index (κ2) is 7.81. The molecule has 0 unspecified atom stereocenters. The van der Waals surface area contributed by atoms with Crippen LogP contribution < -0.4 is 0 Å². The summed E-state index contributed by atoms with van der Waals surface area (Å²) in [6.45, 7) is 0.440. The molecule has 0 aliphatic rings. The molecule has 21 heavy (non-hydrogen) atoms. The molecule has 1 rings (SSSR count). The van der Waals surface area contributed by atoms with Crippen LogP contribution in [0.5, 0.6) is 0 Å². The van der Waals surface area contributed by atoms with Crippen molar-refractivity contribution in [1.29, 1.82) is 0 Å². The van der Waals surface area contributed by atoms with Crippen molar-refractivity contribution in [2.24, 2.45) is 0 Å². The van der Waals surface area contributed by atoms with Crippen LogP contribution in [0, 0.1) is 11.8 Å². The number of hydrogen-bond acceptors (Lipinski definition) is 4. The van der Waals surface area contributed by atoms with Crippen LogP contribution in [0.4, 0.5) is 0 Å². The highest BCUT2D eigenvalue weighted by Gasteiger charge is 2.08. The molecule has 114 valence electrons. The van der Waals surface area contributed by atoms with Gasteiger partial charge in [0.15, 0.2) is 0 Å². The third-order valence-electron chi connectivity index (χ3n) is 2.86. The van der Waals surface area contributed by atoms with Gasteiger partial charge in [0.1, 0.15) is 0 Å². The lowest BCUT2D eigenvalue weighted by Crippen LogP contribution is -2.26. The van der Waals surface area contributed by atoms with E-state index in [1.165, 1.54) is 17.7 Å². The predicted octanol–water partition coefficient (Wildman–Crippen LogP) is 1.50. The van der Waals surface area contributed by atoms with Crippen molar-refractivity contribution >= 4 is 16.0 Å². The SMILES string of the molecule is COC(=O)c1cccc(C#CCCCN(C)S(C)(=O)=O)c1. The third-order valence-corrected chi connectivity index (χ3v) is 4.17. The molecular formula is C15H19NO4S. The summed E-state index contributed by atoms with van der Waals surface area (Å²) in [5, 5.41) is 0. The fraction of sp³-hybridized carbons (Fsp3) is 0.400. The number of carbonyl (C=O) groups excluding carboxylic acids is 1. The first-order valence-electron chi connectivity index (χ1n) is 6.43. The summed E-state index contributed by atoms with van der Waals surface area (Å²) in [5.41, 5.74) is 1.19. The van der Waals surface area contributed by atoms with Gasteiger partial charge in [-0.15, -0.1) is 0 Å². The third kappa shape index (κ3) is 5.98. The Kier molecular flexibility index (Phi) is 6.40. The molecular weight excluding hydrogens is 290 g/mol. The highest BCUT2D eigenvalue weighted by molar-refractivity contribution is 7.88.